The van der Waals surface area contributed by atoms with Gasteiger partial charge in [-0.05, 0) is 54.6 Å². The molecule has 7 heteroatoms. The van der Waals surface area contributed by atoms with E-state index in [-0.39, 0.29) is 0 Å². The lowest BCUT2D eigenvalue weighted by molar-refractivity contribution is -0.432. The Bertz CT molecular complexity index is 826. The lowest BCUT2D eigenvalue weighted by Gasteiger charge is -2.05. The molecule has 2 N–H and O–H groups in total. The number of hydrogen-bond acceptors (Lipinski definition) is 7. The van der Waals surface area contributed by atoms with Crippen molar-refractivity contribution < 1.29 is 14.6 Å². The monoisotopic (exact) mass is 353 g/mol. The van der Waals surface area contributed by atoms with Crippen LogP contribution in [0.5, 0.6) is 0 Å². The summed E-state index contributed by atoms with van der Waals surface area (Å²) < 4.78 is 4.39. The highest BCUT2D eigenvalue weighted by atomic mass is 32.2. The molecule has 25 heavy (non-hydrogen) atoms. The van der Waals surface area contributed by atoms with Crippen LogP contribution >= 0.6 is 12.0 Å². The summed E-state index contributed by atoms with van der Waals surface area (Å²) in [5.41, 5.74) is 3.41. The van der Waals surface area contributed by atoms with E-state index in [1.165, 1.54) is 0 Å². The Morgan fingerprint density at radius 1 is 0.760 bits per heavy atom. The molecule has 0 aromatic heterocycles. The molecule has 3 aromatic carbocycles. The average molecular weight is 353 g/mol. The second-order valence-electron chi connectivity index (χ2n) is 4.96. The Morgan fingerprint density at radius 3 is 2.24 bits per heavy atom. The van der Waals surface area contributed by atoms with E-state index >= 15 is 0 Å². The summed E-state index contributed by atoms with van der Waals surface area (Å²) in [7, 11) is 0. The molecule has 0 saturated heterocycles. The smallest absolute Gasteiger partial charge is 0.0869 e. The second-order valence-corrected chi connectivity index (χ2v) is 5.74. The first-order valence-electron chi connectivity index (χ1n) is 7.42. The molecule has 0 bridgehead atoms. The third-order valence-electron chi connectivity index (χ3n) is 3.19. The number of anilines is 2. The molecule has 0 spiro atoms. The van der Waals surface area contributed by atoms with Crippen molar-refractivity contribution >= 4 is 34.8 Å². The molecular formula is C18H15N3O3S. The fourth-order valence-electron chi connectivity index (χ4n) is 2.07. The van der Waals surface area contributed by atoms with Gasteiger partial charge in [0, 0.05) is 16.3 Å². The lowest BCUT2D eigenvalue weighted by Crippen LogP contribution is -1.88. The summed E-state index contributed by atoms with van der Waals surface area (Å²) in [6, 6.07) is 24.8. The average Bonchev–Trinajstić information content (AvgIpc) is 2.67. The Labute approximate surface area is 149 Å². The van der Waals surface area contributed by atoms with Crippen LogP contribution in [0.3, 0.4) is 0 Å². The van der Waals surface area contributed by atoms with Gasteiger partial charge in [0.05, 0.1) is 23.4 Å². The molecule has 0 unspecified atom stereocenters. The minimum Gasteiger partial charge on any atom is -0.356 e. The van der Waals surface area contributed by atoms with E-state index in [1.54, 1.807) is 12.1 Å². The largest absolute Gasteiger partial charge is 0.356 e. The van der Waals surface area contributed by atoms with Crippen LogP contribution in [-0.2, 0) is 9.37 Å². The van der Waals surface area contributed by atoms with Crippen LogP contribution in [-0.4, -0.2) is 5.26 Å². The van der Waals surface area contributed by atoms with Crippen LogP contribution in [0.4, 0.5) is 22.7 Å². The first-order valence-corrected chi connectivity index (χ1v) is 8.16. The van der Waals surface area contributed by atoms with Crippen molar-refractivity contribution in [2.45, 2.75) is 4.90 Å². The number of rotatable bonds is 7. The summed E-state index contributed by atoms with van der Waals surface area (Å²) in [6.45, 7) is 0. The van der Waals surface area contributed by atoms with Gasteiger partial charge in [-0.2, -0.15) is 10.2 Å². The van der Waals surface area contributed by atoms with E-state index in [1.807, 2.05) is 66.7 Å². The van der Waals surface area contributed by atoms with E-state index in [4.69, 9.17) is 5.26 Å². The fourth-order valence-corrected chi connectivity index (χ4v) is 2.48. The zero-order valence-corrected chi connectivity index (χ0v) is 13.9. The number of nitrogens with one attached hydrogen (secondary N) is 1. The minimum atomic E-state index is 0.665. The summed E-state index contributed by atoms with van der Waals surface area (Å²) in [4.78, 5) is 0.730. The maximum absolute atomic E-state index is 8.17. The van der Waals surface area contributed by atoms with E-state index in [0.717, 1.165) is 34.0 Å². The van der Waals surface area contributed by atoms with Crippen molar-refractivity contribution in [3.8, 4) is 0 Å². The van der Waals surface area contributed by atoms with Gasteiger partial charge in [0.1, 0.15) is 0 Å². The van der Waals surface area contributed by atoms with Gasteiger partial charge in [-0.25, -0.2) is 5.26 Å². The van der Waals surface area contributed by atoms with Crippen molar-refractivity contribution in [1.82, 2.24) is 0 Å². The normalized spacial score (nSPS) is 10.9. The molecule has 0 aliphatic carbocycles. The van der Waals surface area contributed by atoms with E-state index in [9.17, 15) is 0 Å². The highest BCUT2D eigenvalue weighted by molar-refractivity contribution is 7.94. The van der Waals surface area contributed by atoms with E-state index in [0.29, 0.717) is 5.69 Å². The third kappa shape index (κ3) is 5.40. The van der Waals surface area contributed by atoms with Crippen molar-refractivity contribution in [2.24, 2.45) is 10.2 Å². The van der Waals surface area contributed by atoms with Crippen LogP contribution in [0.25, 0.3) is 0 Å². The van der Waals surface area contributed by atoms with Gasteiger partial charge >= 0.3 is 0 Å². The van der Waals surface area contributed by atoms with Crippen LogP contribution in [0.15, 0.2) is 94.0 Å². The van der Waals surface area contributed by atoms with Gasteiger partial charge in [0.25, 0.3) is 0 Å². The Hall–Kier alpha value is -2.71. The van der Waals surface area contributed by atoms with Gasteiger partial charge in [-0.15, -0.1) is 4.33 Å². The second kappa shape index (κ2) is 8.95. The van der Waals surface area contributed by atoms with Gasteiger partial charge < -0.3 is 5.32 Å². The SMILES string of the molecule is OOOSc1cccc(/N=N/c2ccc(Nc3ccccc3)cc2)c1. The highest BCUT2D eigenvalue weighted by Gasteiger charge is 1.98. The minimum absolute atomic E-state index is 0.665. The Balaban J connectivity index is 1.64. The third-order valence-corrected chi connectivity index (χ3v) is 3.76. The Kier molecular flexibility index (Phi) is 6.13. The molecular weight excluding hydrogens is 338 g/mol. The van der Waals surface area contributed by atoms with Crippen LogP contribution < -0.4 is 5.32 Å². The maximum Gasteiger partial charge on any atom is 0.0869 e. The predicted molar refractivity (Wildman–Crippen MR) is 97.4 cm³/mol. The van der Waals surface area contributed by atoms with Crippen LogP contribution in [0, 0.1) is 0 Å². The van der Waals surface area contributed by atoms with Crippen molar-refractivity contribution in [3.05, 3.63) is 78.9 Å². The molecule has 0 fully saturated rings. The molecule has 6 nitrogen and oxygen atoms in total. The summed E-state index contributed by atoms with van der Waals surface area (Å²) in [6.07, 6.45) is 0. The molecule has 3 aromatic rings. The molecule has 0 aliphatic rings. The molecule has 126 valence electrons. The zero-order valence-electron chi connectivity index (χ0n) is 13.1. The van der Waals surface area contributed by atoms with Gasteiger partial charge in [0.15, 0.2) is 0 Å². The quantitative estimate of drug-likeness (QED) is 0.226. The lowest BCUT2D eigenvalue weighted by atomic mass is 10.2. The highest BCUT2D eigenvalue weighted by Crippen LogP contribution is 2.26. The van der Waals surface area contributed by atoms with Crippen molar-refractivity contribution in [1.29, 1.82) is 0 Å². The number of nitrogens with zero attached hydrogens (tertiary/aromatic N) is 2. The molecule has 0 atom stereocenters. The number of azo groups is 1. The first-order chi connectivity index (χ1) is 12.3. The summed E-state index contributed by atoms with van der Waals surface area (Å²) >= 11 is 0.877. The summed E-state index contributed by atoms with van der Waals surface area (Å²) in [5.74, 6) is 0. The maximum atomic E-state index is 8.17. The van der Waals surface area contributed by atoms with Crippen LogP contribution in [0.1, 0.15) is 0 Å². The van der Waals surface area contributed by atoms with Crippen LogP contribution in [0.2, 0.25) is 0 Å². The first kappa shape index (κ1) is 17.1. The van der Waals surface area contributed by atoms with Crippen molar-refractivity contribution in [2.75, 3.05) is 5.32 Å². The number of hydrogen-bond donors (Lipinski definition) is 2. The Morgan fingerprint density at radius 2 is 1.48 bits per heavy atom. The molecule has 0 aliphatic heterocycles. The molecule has 0 saturated carbocycles. The zero-order chi connectivity index (χ0) is 17.3. The standard InChI is InChI=1S/C18H15N3O3S/c22-23-24-25-18-8-4-7-17(13-18)21-20-16-11-9-15(10-12-16)19-14-5-2-1-3-6-14/h1-13,19,22H/b21-20+. The van der Waals surface area contributed by atoms with Crippen molar-refractivity contribution in [3.63, 3.8) is 0 Å². The van der Waals surface area contributed by atoms with Gasteiger partial charge in [0.2, 0.25) is 0 Å². The fraction of sp³-hybridized carbons (Fsp3) is 0. The van der Waals surface area contributed by atoms with E-state index in [2.05, 4.69) is 24.9 Å². The number of para-hydroxylation sites is 1. The summed E-state index contributed by atoms with van der Waals surface area (Å²) in [5, 5.41) is 23.5. The van der Waals surface area contributed by atoms with Gasteiger partial charge in [-0.1, -0.05) is 29.3 Å². The molecule has 0 amide bonds. The molecule has 0 radical (unpaired) electrons. The molecule has 3 rings (SSSR count). The van der Waals surface area contributed by atoms with Gasteiger partial charge in [-0.3, -0.25) is 0 Å². The number of benzene rings is 3. The molecule has 0 heterocycles. The van der Waals surface area contributed by atoms with E-state index < -0.39 is 0 Å². The topological polar surface area (TPSA) is 75.4 Å². The predicted octanol–water partition coefficient (Wildman–Crippen LogP) is 6.27.